The summed E-state index contributed by atoms with van der Waals surface area (Å²) in [5.74, 6) is 0.846. The summed E-state index contributed by atoms with van der Waals surface area (Å²) in [4.78, 5) is 2.51. The van der Waals surface area contributed by atoms with Gasteiger partial charge in [0.15, 0.2) is 6.79 Å². The Labute approximate surface area is 121 Å². The lowest BCUT2D eigenvalue weighted by Gasteiger charge is -2.48. The van der Waals surface area contributed by atoms with Crippen LogP contribution in [0.25, 0.3) is 0 Å². The fourth-order valence-electron chi connectivity index (χ4n) is 3.72. The second-order valence-electron chi connectivity index (χ2n) is 7.36. The highest BCUT2D eigenvalue weighted by Gasteiger charge is 2.41. The van der Waals surface area contributed by atoms with Crippen LogP contribution in [-0.2, 0) is 10.8 Å². The molecule has 3 nitrogen and oxygen atoms in total. The van der Waals surface area contributed by atoms with Gasteiger partial charge in [-0.2, -0.15) is 0 Å². The Bertz CT molecular complexity index is 532. The van der Waals surface area contributed by atoms with Gasteiger partial charge in [0.05, 0.1) is 0 Å². The molecular weight excluding hydrogens is 250 g/mol. The van der Waals surface area contributed by atoms with Gasteiger partial charge in [0, 0.05) is 24.3 Å². The van der Waals surface area contributed by atoms with E-state index in [1.54, 1.807) is 0 Å². The molecule has 0 unspecified atom stereocenters. The Morgan fingerprint density at radius 2 is 1.75 bits per heavy atom. The van der Waals surface area contributed by atoms with E-state index in [-0.39, 0.29) is 17.6 Å². The van der Waals surface area contributed by atoms with Gasteiger partial charge in [-0.25, -0.2) is 0 Å². The molecule has 0 saturated carbocycles. The molecule has 2 aliphatic heterocycles. The SMILES string of the molecule is CC1(C)CCN2CCC(C)(C)c3c(OCO)ccc1c32. The first-order valence-electron chi connectivity index (χ1n) is 7.53. The Kier molecular flexibility index (Phi) is 3.02. The van der Waals surface area contributed by atoms with Crippen LogP contribution in [0.5, 0.6) is 5.75 Å². The quantitative estimate of drug-likeness (QED) is 0.841. The van der Waals surface area contributed by atoms with Crippen LogP contribution >= 0.6 is 0 Å². The first-order valence-corrected chi connectivity index (χ1v) is 7.53. The van der Waals surface area contributed by atoms with Gasteiger partial charge in [-0.05, 0) is 35.3 Å². The molecule has 0 radical (unpaired) electrons. The third-order valence-electron chi connectivity index (χ3n) is 5.10. The number of benzene rings is 1. The third kappa shape index (κ3) is 1.91. The molecule has 0 aliphatic carbocycles. The summed E-state index contributed by atoms with van der Waals surface area (Å²) in [6.45, 7) is 11.2. The van der Waals surface area contributed by atoms with E-state index in [4.69, 9.17) is 9.84 Å². The molecule has 20 heavy (non-hydrogen) atoms. The van der Waals surface area contributed by atoms with Gasteiger partial charge in [-0.1, -0.05) is 33.8 Å². The number of anilines is 1. The topological polar surface area (TPSA) is 32.7 Å². The maximum Gasteiger partial charge on any atom is 0.186 e. The van der Waals surface area contributed by atoms with Crippen molar-refractivity contribution in [3.05, 3.63) is 23.3 Å². The van der Waals surface area contributed by atoms with Gasteiger partial charge >= 0.3 is 0 Å². The summed E-state index contributed by atoms with van der Waals surface area (Å²) in [5, 5.41) is 9.16. The summed E-state index contributed by atoms with van der Waals surface area (Å²) in [6.07, 6.45) is 2.33. The second kappa shape index (κ2) is 4.39. The van der Waals surface area contributed by atoms with Crippen LogP contribution in [0.2, 0.25) is 0 Å². The highest BCUT2D eigenvalue weighted by atomic mass is 16.6. The number of hydrogen-bond donors (Lipinski definition) is 1. The monoisotopic (exact) mass is 275 g/mol. The zero-order valence-corrected chi connectivity index (χ0v) is 13.0. The zero-order chi connectivity index (χ0) is 14.5. The summed E-state index contributed by atoms with van der Waals surface area (Å²) in [5.41, 5.74) is 4.38. The molecule has 1 aromatic rings. The predicted molar refractivity (Wildman–Crippen MR) is 81.7 cm³/mol. The number of ether oxygens (including phenoxy) is 1. The molecule has 0 saturated heterocycles. The van der Waals surface area contributed by atoms with Gasteiger partial charge in [0.2, 0.25) is 0 Å². The van der Waals surface area contributed by atoms with Crippen molar-refractivity contribution in [1.82, 2.24) is 0 Å². The van der Waals surface area contributed by atoms with E-state index in [1.165, 1.54) is 23.2 Å². The van der Waals surface area contributed by atoms with Crippen molar-refractivity contribution in [1.29, 1.82) is 0 Å². The molecule has 0 amide bonds. The molecule has 3 heteroatoms. The lowest BCUT2D eigenvalue weighted by molar-refractivity contribution is 0.0961. The molecule has 2 heterocycles. The Morgan fingerprint density at radius 3 is 2.40 bits per heavy atom. The maximum atomic E-state index is 9.16. The molecule has 1 aromatic carbocycles. The highest BCUT2D eigenvalue weighted by molar-refractivity contribution is 5.71. The van der Waals surface area contributed by atoms with Crippen molar-refractivity contribution in [2.24, 2.45) is 0 Å². The summed E-state index contributed by atoms with van der Waals surface area (Å²) < 4.78 is 5.51. The van der Waals surface area contributed by atoms with Gasteiger partial charge in [0.25, 0.3) is 0 Å². The highest BCUT2D eigenvalue weighted by Crippen LogP contribution is 2.52. The van der Waals surface area contributed by atoms with Crippen LogP contribution < -0.4 is 9.64 Å². The third-order valence-corrected chi connectivity index (χ3v) is 5.10. The lowest BCUT2D eigenvalue weighted by Crippen LogP contribution is -2.44. The van der Waals surface area contributed by atoms with Crippen molar-refractivity contribution < 1.29 is 9.84 Å². The minimum atomic E-state index is -0.259. The van der Waals surface area contributed by atoms with E-state index in [2.05, 4.69) is 38.7 Å². The molecule has 0 fully saturated rings. The van der Waals surface area contributed by atoms with Crippen LogP contribution in [0.4, 0.5) is 5.69 Å². The Balaban J connectivity index is 2.27. The first-order chi connectivity index (χ1) is 9.37. The summed E-state index contributed by atoms with van der Waals surface area (Å²) in [6, 6.07) is 4.24. The second-order valence-corrected chi connectivity index (χ2v) is 7.36. The molecule has 1 N–H and O–H groups in total. The van der Waals surface area contributed by atoms with E-state index in [1.807, 2.05) is 6.07 Å². The van der Waals surface area contributed by atoms with Crippen LogP contribution in [0.15, 0.2) is 12.1 Å². The number of nitrogens with zero attached hydrogens (tertiary/aromatic N) is 1. The minimum absolute atomic E-state index is 0.0970. The standard InChI is InChI=1S/C17H25NO2/c1-16(2)7-9-18-10-8-17(3,4)14-13(20-11-19)6-5-12(16)15(14)18/h5-6,19H,7-11H2,1-4H3. The van der Waals surface area contributed by atoms with Gasteiger partial charge < -0.3 is 14.7 Å². The Hall–Kier alpha value is -1.22. The van der Waals surface area contributed by atoms with Crippen molar-refractivity contribution in [3.63, 3.8) is 0 Å². The average molecular weight is 275 g/mol. The molecule has 2 aliphatic rings. The molecule has 0 spiro atoms. The van der Waals surface area contributed by atoms with Crippen LogP contribution in [0.3, 0.4) is 0 Å². The van der Waals surface area contributed by atoms with E-state index in [0.717, 1.165) is 25.3 Å². The van der Waals surface area contributed by atoms with Crippen LogP contribution in [0.1, 0.15) is 51.7 Å². The zero-order valence-electron chi connectivity index (χ0n) is 13.0. The fraction of sp³-hybridized carbons (Fsp3) is 0.647. The Morgan fingerprint density at radius 1 is 1.10 bits per heavy atom. The number of hydrogen-bond acceptors (Lipinski definition) is 3. The lowest BCUT2D eigenvalue weighted by atomic mass is 9.69. The van der Waals surface area contributed by atoms with E-state index < -0.39 is 0 Å². The number of rotatable bonds is 2. The van der Waals surface area contributed by atoms with Crippen LogP contribution in [-0.4, -0.2) is 25.0 Å². The summed E-state index contributed by atoms with van der Waals surface area (Å²) >= 11 is 0. The average Bonchev–Trinajstić information content (AvgIpc) is 2.37. The van der Waals surface area contributed by atoms with Crippen molar-refractivity contribution in [2.45, 2.75) is 51.4 Å². The molecule has 0 aromatic heterocycles. The normalized spacial score (nSPS) is 22.4. The largest absolute Gasteiger partial charge is 0.467 e. The number of aliphatic hydroxyl groups excluding tert-OH is 1. The van der Waals surface area contributed by atoms with Gasteiger partial charge in [-0.15, -0.1) is 0 Å². The van der Waals surface area contributed by atoms with Gasteiger partial charge in [0.1, 0.15) is 5.75 Å². The molecule has 0 bridgehead atoms. The maximum absolute atomic E-state index is 9.16. The van der Waals surface area contributed by atoms with Crippen molar-refractivity contribution >= 4 is 5.69 Å². The minimum Gasteiger partial charge on any atom is -0.467 e. The van der Waals surface area contributed by atoms with Crippen molar-refractivity contribution in [2.75, 3.05) is 24.8 Å². The van der Waals surface area contributed by atoms with E-state index in [9.17, 15) is 0 Å². The van der Waals surface area contributed by atoms with E-state index in [0.29, 0.717) is 0 Å². The fourth-order valence-corrected chi connectivity index (χ4v) is 3.72. The molecule has 110 valence electrons. The van der Waals surface area contributed by atoms with Crippen molar-refractivity contribution in [3.8, 4) is 5.75 Å². The molecular formula is C17H25NO2. The summed E-state index contributed by atoms with van der Waals surface area (Å²) in [7, 11) is 0. The number of aliphatic hydroxyl groups is 1. The smallest absolute Gasteiger partial charge is 0.186 e. The van der Waals surface area contributed by atoms with Crippen LogP contribution in [0, 0.1) is 0 Å². The van der Waals surface area contributed by atoms with Gasteiger partial charge in [-0.3, -0.25) is 0 Å². The predicted octanol–water partition coefficient (Wildman–Crippen LogP) is 3.18. The molecule has 3 rings (SSSR count). The van der Waals surface area contributed by atoms with E-state index >= 15 is 0 Å². The molecule has 0 atom stereocenters. The first kappa shape index (κ1) is 13.7.